The van der Waals surface area contributed by atoms with E-state index in [1.807, 2.05) is 0 Å². The molecule has 6 nitrogen and oxygen atoms in total. The largest absolute Gasteiger partial charge is 0.480 e. The lowest BCUT2D eigenvalue weighted by Gasteiger charge is -2.24. The third-order valence-electron chi connectivity index (χ3n) is 5.32. The van der Waals surface area contributed by atoms with Gasteiger partial charge in [0.1, 0.15) is 11.9 Å². The van der Waals surface area contributed by atoms with Crippen molar-refractivity contribution < 1.29 is 40.7 Å². The van der Waals surface area contributed by atoms with Gasteiger partial charge in [-0.1, -0.05) is 6.92 Å². The molecule has 2 fully saturated rings. The highest BCUT2D eigenvalue weighted by Gasteiger charge is 2.54. The highest BCUT2D eigenvalue weighted by atomic mass is 32.2. The summed E-state index contributed by atoms with van der Waals surface area (Å²) in [5.74, 6) is -3.20. The molecule has 0 aromatic heterocycles. The Hall–Kier alpha value is -2.17. The molecule has 1 N–H and O–H groups in total. The number of hydrogen-bond acceptors (Lipinski definition) is 4. The molecule has 2 atom stereocenters. The van der Waals surface area contributed by atoms with Crippen molar-refractivity contribution in [3.63, 3.8) is 0 Å². The van der Waals surface area contributed by atoms with Crippen LogP contribution in [0.15, 0.2) is 23.1 Å². The molecular formula is C17H17F4NO5S. The average molecular weight is 423 g/mol. The number of hydrogen-bond donors (Lipinski definition) is 1. The summed E-state index contributed by atoms with van der Waals surface area (Å²) in [6.45, 7) is 1.10. The summed E-state index contributed by atoms with van der Waals surface area (Å²) >= 11 is 0. The first-order chi connectivity index (χ1) is 12.8. The number of sulfone groups is 1. The number of alkyl halides is 3. The van der Waals surface area contributed by atoms with E-state index < -0.39 is 73.8 Å². The normalized spacial score (nSPS) is 24.2. The predicted octanol–water partition coefficient (Wildman–Crippen LogP) is 2.47. The van der Waals surface area contributed by atoms with Crippen LogP contribution in [0.1, 0.15) is 31.7 Å². The number of nitrogens with zero attached hydrogens (tertiary/aromatic N) is 1. The van der Waals surface area contributed by atoms with Gasteiger partial charge in [-0.25, -0.2) is 17.6 Å². The van der Waals surface area contributed by atoms with Crippen LogP contribution < -0.4 is 0 Å². The summed E-state index contributed by atoms with van der Waals surface area (Å²) in [7, 11) is -4.67. The van der Waals surface area contributed by atoms with Crippen LogP contribution >= 0.6 is 0 Å². The zero-order valence-corrected chi connectivity index (χ0v) is 15.5. The van der Waals surface area contributed by atoms with E-state index in [2.05, 4.69) is 0 Å². The van der Waals surface area contributed by atoms with E-state index in [-0.39, 0.29) is 6.07 Å². The molecular weight excluding hydrogens is 406 g/mol. The van der Waals surface area contributed by atoms with Crippen molar-refractivity contribution in [2.24, 2.45) is 5.41 Å². The van der Waals surface area contributed by atoms with Gasteiger partial charge in [-0.3, -0.25) is 4.79 Å². The van der Waals surface area contributed by atoms with Crippen LogP contribution in [0.25, 0.3) is 0 Å². The van der Waals surface area contributed by atoms with Gasteiger partial charge in [0.25, 0.3) is 0 Å². The van der Waals surface area contributed by atoms with E-state index in [1.165, 1.54) is 0 Å². The minimum Gasteiger partial charge on any atom is -0.480 e. The summed E-state index contributed by atoms with van der Waals surface area (Å²) < 4.78 is 78.7. The van der Waals surface area contributed by atoms with Gasteiger partial charge >= 0.3 is 12.1 Å². The molecule has 1 aromatic rings. The van der Waals surface area contributed by atoms with Crippen LogP contribution in [0, 0.1) is 11.2 Å². The van der Waals surface area contributed by atoms with Gasteiger partial charge in [0.15, 0.2) is 9.84 Å². The molecule has 1 heterocycles. The Labute approximate surface area is 158 Å². The second kappa shape index (κ2) is 6.43. The van der Waals surface area contributed by atoms with E-state index in [1.54, 1.807) is 6.92 Å². The number of rotatable bonds is 4. The first-order valence-corrected chi connectivity index (χ1v) is 9.96. The van der Waals surface area contributed by atoms with Gasteiger partial charge in [0.05, 0.1) is 15.7 Å². The second-order valence-corrected chi connectivity index (χ2v) is 9.61. The monoisotopic (exact) mass is 423 g/mol. The smallest absolute Gasteiger partial charge is 0.417 e. The van der Waals surface area contributed by atoms with Gasteiger partial charge in [0, 0.05) is 12.0 Å². The molecule has 1 saturated heterocycles. The van der Waals surface area contributed by atoms with Crippen molar-refractivity contribution in [2.75, 3.05) is 6.54 Å². The number of carboxylic acids is 1. The van der Waals surface area contributed by atoms with E-state index in [4.69, 9.17) is 0 Å². The molecule has 1 amide bonds. The van der Waals surface area contributed by atoms with Crippen molar-refractivity contribution in [2.45, 2.75) is 48.5 Å². The molecule has 28 heavy (non-hydrogen) atoms. The molecule has 0 unspecified atom stereocenters. The minimum atomic E-state index is -5.12. The fourth-order valence-electron chi connectivity index (χ4n) is 3.38. The Morgan fingerprint density at radius 2 is 1.86 bits per heavy atom. The SMILES string of the molecule is CC1(C(=O)N2C[C@H](S(=O)(=O)c3ccc(F)cc3C(F)(F)F)C[C@H]2C(=O)O)CC1. The highest BCUT2D eigenvalue weighted by molar-refractivity contribution is 7.92. The maximum atomic E-state index is 13.3. The maximum Gasteiger partial charge on any atom is 0.417 e. The Bertz CT molecular complexity index is 939. The van der Waals surface area contributed by atoms with Gasteiger partial charge < -0.3 is 10.0 Å². The first-order valence-electron chi connectivity index (χ1n) is 8.42. The fourth-order valence-corrected chi connectivity index (χ4v) is 5.27. The summed E-state index contributed by atoms with van der Waals surface area (Å²) in [6.07, 6.45) is -4.59. The number of amides is 1. The van der Waals surface area contributed by atoms with Crippen LogP contribution in [0.4, 0.5) is 17.6 Å². The Balaban J connectivity index is 1.99. The van der Waals surface area contributed by atoms with Crippen LogP contribution in [0.3, 0.4) is 0 Å². The number of benzene rings is 1. The van der Waals surface area contributed by atoms with Gasteiger partial charge in [-0.05, 0) is 37.5 Å². The summed E-state index contributed by atoms with van der Waals surface area (Å²) in [4.78, 5) is 23.9. The van der Waals surface area contributed by atoms with Crippen LogP contribution in [-0.2, 0) is 25.6 Å². The number of carbonyl (C=O) groups is 2. The average Bonchev–Trinajstić information content (AvgIpc) is 3.17. The number of carboxylic acid groups (broad SMARTS) is 1. The zero-order valence-electron chi connectivity index (χ0n) is 14.7. The molecule has 3 rings (SSSR count). The third kappa shape index (κ3) is 3.47. The van der Waals surface area contributed by atoms with Gasteiger partial charge in [-0.2, -0.15) is 13.2 Å². The highest BCUT2D eigenvalue weighted by Crippen LogP contribution is 2.48. The number of halogens is 4. The Morgan fingerprint density at radius 1 is 1.25 bits per heavy atom. The standard InChI is InChI=1S/C17H17F4NO5S/c1-16(4-5-16)15(25)22-8-10(7-12(22)14(23)24)28(26,27)13-3-2-9(18)6-11(13)17(19,20)21/h2-3,6,10,12H,4-5,7-8H2,1H3,(H,23,24)/t10-,12+/m1/s1. The lowest BCUT2D eigenvalue weighted by Crippen LogP contribution is -2.44. The topological polar surface area (TPSA) is 91.8 Å². The molecule has 0 spiro atoms. The molecule has 0 bridgehead atoms. The van der Waals surface area contributed by atoms with Gasteiger partial charge in [-0.15, -0.1) is 0 Å². The van der Waals surface area contributed by atoms with Gasteiger partial charge in [0.2, 0.25) is 5.91 Å². The lowest BCUT2D eigenvalue weighted by atomic mass is 10.1. The van der Waals surface area contributed by atoms with E-state index in [9.17, 15) is 40.7 Å². The molecule has 0 radical (unpaired) electrons. The quantitative estimate of drug-likeness (QED) is 0.594. The fraction of sp³-hybridized carbons (Fsp3) is 0.529. The van der Waals surface area contributed by atoms with E-state index in [0.29, 0.717) is 25.0 Å². The Kier molecular flexibility index (Phi) is 4.72. The molecule has 11 heteroatoms. The third-order valence-corrected chi connectivity index (χ3v) is 7.51. The molecule has 1 aromatic carbocycles. The van der Waals surface area contributed by atoms with Crippen molar-refractivity contribution >= 4 is 21.7 Å². The van der Waals surface area contributed by atoms with E-state index in [0.717, 1.165) is 4.90 Å². The Morgan fingerprint density at radius 3 is 2.36 bits per heavy atom. The van der Waals surface area contributed by atoms with Crippen molar-refractivity contribution in [1.82, 2.24) is 4.90 Å². The van der Waals surface area contributed by atoms with E-state index >= 15 is 0 Å². The summed E-state index contributed by atoms with van der Waals surface area (Å²) in [6, 6.07) is -0.236. The number of aliphatic carboxylic acids is 1. The zero-order chi connectivity index (χ0) is 21.1. The summed E-state index contributed by atoms with van der Waals surface area (Å²) in [5, 5.41) is 7.84. The maximum absolute atomic E-state index is 13.3. The molecule has 2 aliphatic rings. The summed E-state index contributed by atoms with van der Waals surface area (Å²) in [5.41, 5.74) is -2.42. The number of likely N-dealkylation sites (tertiary alicyclic amines) is 1. The van der Waals surface area contributed by atoms with Crippen molar-refractivity contribution in [1.29, 1.82) is 0 Å². The van der Waals surface area contributed by atoms with Crippen LogP contribution in [-0.4, -0.2) is 48.1 Å². The van der Waals surface area contributed by atoms with Crippen molar-refractivity contribution in [3.8, 4) is 0 Å². The predicted molar refractivity (Wildman–Crippen MR) is 87.5 cm³/mol. The van der Waals surface area contributed by atoms with Crippen molar-refractivity contribution in [3.05, 3.63) is 29.6 Å². The lowest BCUT2D eigenvalue weighted by molar-refractivity contribution is -0.150. The molecule has 1 saturated carbocycles. The minimum absolute atomic E-state index is 0.0880. The molecule has 1 aliphatic carbocycles. The first kappa shape index (κ1) is 20.6. The molecule has 1 aliphatic heterocycles. The van der Waals surface area contributed by atoms with Crippen LogP contribution in [0.2, 0.25) is 0 Å². The second-order valence-electron chi connectivity index (χ2n) is 7.41. The van der Waals surface area contributed by atoms with Crippen LogP contribution in [0.5, 0.6) is 0 Å². The molecule has 154 valence electrons. The number of carbonyl (C=O) groups excluding carboxylic acids is 1.